The van der Waals surface area contributed by atoms with Gasteiger partial charge in [-0.1, -0.05) is 22.9 Å². The minimum Gasteiger partial charge on any atom is -0.393 e. The zero-order chi connectivity index (χ0) is 14.3. The van der Waals surface area contributed by atoms with Crippen molar-refractivity contribution in [1.82, 2.24) is 5.32 Å². The molecule has 5 heteroatoms. The second kappa shape index (κ2) is 8.07. The van der Waals surface area contributed by atoms with Gasteiger partial charge in [-0.2, -0.15) is 0 Å². The zero-order valence-electron chi connectivity index (χ0n) is 10.7. The lowest BCUT2D eigenvalue weighted by Gasteiger charge is -2.07. The quantitative estimate of drug-likeness (QED) is 0.788. The molecule has 3 nitrogen and oxygen atoms in total. The fraction of sp³-hybridized carbons (Fsp3) is 0.357. The van der Waals surface area contributed by atoms with E-state index in [1.54, 1.807) is 12.1 Å². The van der Waals surface area contributed by atoms with Gasteiger partial charge in [0, 0.05) is 22.7 Å². The number of hydrogen-bond donors (Lipinski definition) is 2. The predicted molar refractivity (Wildman–Crippen MR) is 77.1 cm³/mol. The Morgan fingerprint density at radius 3 is 3.00 bits per heavy atom. The van der Waals surface area contributed by atoms with Crippen molar-refractivity contribution in [2.24, 2.45) is 0 Å². The maximum atomic E-state index is 13.4. The monoisotopic (exact) mass is 329 g/mol. The van der Waals surface area contributed by atoms with E-state index in [0.717, 1.165) is 4.47 Å². The highest BCUT2D eigenvalue weighted by Gasteiger charge is 2.02. The summed E-state index contributed by atoms with van der Waals surface area (Å²) in [5, 5.41) is 12.0. The van der Waals surface area contributed by atoms with Crippen molar-refractivity contribution in [2.45, 2.75) is 25.9 Å². The van der Waals surface area contributed by atoms with Gasteiger partial charge in [0.15, 0.2) is 0 Å². The topological polar surface area (TPSA) is 49.3 Å². The van der Waals surface area contributed by atoms with E-state index in [9.17, 15) is 14.3 Å². The van der Waals surface area contributed by atoms with Crippen LogP contribution in [0.5, 0.6) is 0 Å². The molecule has 0 saturated carbocycles. The van der Waals surface area contributed by atoms with Gasteiger partial charge in [-0.3, -0.25) is 4.79 Å². The molecule has 0 aromatic heterocycles. The molecule has 0 bridgehead atoms. The number of benzene rings is 1. The SMILES string of the molecule is CCC(O)CCNC(=O)/C=C/c1cc(Br)ccc1F. The summed E-state index contributed by atoms with van der Waals surface area (Å²) in [6.45, 7) is 2.28. The summed E-state index contributed by atoms with van der Waals surface area (Å²) in [5.41, 5.74) is 0.345. The molecule has 104 valence electrons. The van der Waals surface area contributed by atoms with E-state index in [1.165, 1.54) is 18.2 Å². The van der Waals surface area contributed by atoms with Crippen LogP contribution in [0.3, 0.4) is 0 Å². The molecule has 0 aliphatic carbocycles. The third-order valence-corrected chi connectivity index (χ3v) is 3.11. The summed E-state index contributed by atoms with van der Waals surface area (Å²) in [6.07, 6.45) is 3.48. The maximum absolute atomic E-state index is 13.4. The van der Waals surface area contributed by atoms with Crippen molar-refractivity contribution in [1.29, 1.82) is 0 Å². The molecule has 0 heterocycles. The van der Waals surface area contributed by atoms with Gasteiger partial charge in [0.05, 0.1) is 6.10 Å². The lowest BCUT2D eigenvalue weighted by molar-refractivity contribution is -0.116. The summed E-state index contributed by atoms with van der Waals surface area (Å²) >= 11 is 3.24. The zero-order valence-corrected chi connectivity index (χ0v) is 12.3. The van der Waals surface area contributed by atoms with E-state index in [0.29, 0.717) is 24.9 Å². The number of amides is 1. The lowest BCUT2D eigenvalue weighted by atomic mass is 10.2. The normalized spacial score (nSPS) is 12.6. The van der Waals surface area contributed by atoms with Crippen LogP contribution in [0.25, 0.3) is 6.08 Å². The highest BCUT2D eigenvalue weighted by atomic mass is 79.9. The first-order chi connectivity index (χ1) is 9.02. The maximum Gasteiger partial charge on any atom is 0.244 e. The van der Waals surface area contributed by atoms with Crippen LogP contribution >= 0.6 is 15.9 Å². The number of aliphatic hydroxyl groups is 1. The van der Waals surface area contributed by atoms with Crippen LogP contribution in [0.1, 0.15) is 25.3 Å². The van der Waals surface area contributed by atoms with Crippen molar-refractivity contribution < 1.29 is 14.3 Å². The Balaban J connectivity index is 2.47. The van der Waals surface area contributed by atoms with Gasteiger partial charge in [0.2, 0.25) is 5.91 Å². The lowest BCUT2D eigenvalue weighted by Crippen LogP contribution is -2.25. The Morgan fingerprint density at radius 2 is 2.32 bits per heavy atom. The van der Waals surface area contributed by atoms with E-state index in [1.807, 2.05) is 6.92 Å². The first kappa shape index (κ1) is 15.9. The van der Waals surface area contributed by atoms with Crippen LogP contribution in [0.4, 0.5) is 4.39 Å². The molecule has 0 fully saturated rings. The molecular weight excluding hydrogens is 313 g/mol. The van der Waals surface area contributed by atoms with Gasteiger partial charge in [0.1, 0.15) is 5.82 Å². The van der Waals surface area contributed by atoms with Crippen LogP contribution in [0.2, 0.25) is 0 Å². The summed E-state index contributed by atoms with van der Waals surface area (Å²) in [5.74, 6) is -0.684. The molecule has 0 saturated heterocycles. The van der Waals surface area contributed by atoms with Gasteiger partial charge < -0.3 is 10.4 Å². The van der Waals surface area contributed by atoms with E-state index in [-0.39, 0.29) is 11.7 Å². The molecule has 0 spiro atoms. The Hall–Kier alpha value is -1.20. The molecule has 2 N–H and O–H groups in total. The van der Waals surface area contributed by atoms with Crippen molar-refractivity contribution in [2.75, 3.05) is 6.54 Å². The minimum atomic E-state index is -0.396. The summed E-state index contributed by atoms with van der Waals surface area (Å²) in [4.78, 5) is 11.5. The van der Waals surface area contributed by atoms with Gasteiger partial charge in [-0.15, -0.1) is 0 Å². The highest BCUT2D eigenvalue weighted by Crippen LogP contribution is 2.16. The molecular formula is C14H17BrFNO2. The Kier molecular flexibility index (Phi) is 6.73. The van der Waals surface area contributed by atoms with E-state index in [4.69, 9.17) is 0 Å². The molecule has 19 heavy (non-hydrogen) atoms. The Bertz CT molecular complexity index is 463. The third kappa shape index (κ3) is 5.98. The van der Waals surface area contributed by atoms with Crippen molar-refractivity contribution in [3.8, 4) is 0 Å². The number of hydrogen-bond acceptors (Lipinski definition) is 2. The molecule has 0 aliphatic rings. The van der Waals surface area contributed by atoms with Gasteiger partial charge in [0.25, 0.3) is 0 Å². The smallest absolute Gasteiger partial charge is 0.244 e. The first-order valence-electron chi connectivity index (χ1n) is 6.12. The number of halogens is 2. The summed E-state index contributed by atoms with van der Waals surface area (Å²) in [7, 11) is 0. The number of carbonyl (C=O) groups is 1. The van der Waals surface area contributed by atoms with Crippen molar-refractivity contribution >= 4 is 27.9 Å². The Morgan fingerprint density at radius 1 is 1.58 bits per heavy atom. The fourth-order valence-electron chi connectivity index (χ4n) is 1.43. The molecule has 1 amide bonds. The van der Waals surface area contributed by atoms with Crippen LogP contribution in [0, 0.1) is 5.82 Å². The number of carbonyl (C=O) groups excluding carboxylic acids is 1. The Labute approximate surface area is 120 Å². The number of aliphatic hydroxyl groups excluding tert-OH is 1. The van der Waals surface area contributed by atoms with Crippen molar-refractivity contribution in [3.63, 3.8) is 0 Å². The van der Waals surface area contributed by atoms with Gasteiger partial charge in [-0.25, -0.2) is 4.39 Å². The van der Waals surface area contributed by atoms with Gasteiger partial charge in [-0.05, 0) is 37.1 Å². The average Bonchev–Trinajstić information content (AvgIpc) is 2.39. The number of rotatable bonds is 6. The van der Waals surface area contributed by atoms with Crippen LogP contribution in [0.15, 0.2) is 28.7 Å². The van der Waals surface area contributed by atoms with E-state index < -0.39 is 6.10 Å². The summed E-state index contributed by atoms with van der Waals surface area (Å²) in [6, 6.07) is 4.53. The third-order valence-electron chi connectivity index (χ3n) is 2.62. The first-order valence-corrected chi connectivity index (χ1v) is 6.91. The largest absolute Gasteiger partial charge is 0.393 e. The average molecular weight is 330 g/mol. The van der Waals surface area contributed by atoms with Crippen LogP contribution < -0.4 is 5.32 Å². The molecule has 1 rings (SSSR count). The molecule has 1 aromatic rings. The minimum absolute atomic E-state index is 0.303. The van der Waals surface area contributed by atoms with Crippen LogP contribution in [-0.4, -0.2) is 23.7 Å². The number of nitrogens with one attached hydrogen (secondary N) is 1. The van der Waals surface area contributed by atoms with Crippen LogP contribution in [-0.2, 0) is 4.79 Å². The molecule has 0 radical (unpaired) electrons. The van der Waals surface area contributed by atoms with Gasteiger partial charge >= 0.3 is 0 Å². The molecule has 0 aliphatic heterocycles. The molecule has 1 atom stereocenters. The summed E-state index contributed by atoms with van der Waals surface area (Å²) < 4.78 is 14.1. The predicted octanol–water partition coefficient (Wildman–Crippen LogP) is 2.88. The van der Waals surface area contributed by atoms with Crippen molar-refractivity contribution in [3.05, 3.63) is 40.1 Å². The fourth-order valence-corrected chi connectivity index (χ4v) is 1.81. The molecule has 1 unspecified atom stereocenters. The highest BCUT2D eigenvalue weighted by molar-refractivity contribution is 9.10. The van der Waals surface area contributed by atoms with E-state index in [2.05, 4.69) is 21.2 Å². The second-order valence-electron chi connectivity index (χ2n) is 4.14. The van der Waals surface area contributed by atoms with E-state index >= 15 is 0 Å². The standard InChI is InChI=1S/C14H17BrFNO2/c1-2-12(18)7-8-17-14(19)6-3-10-9-11(15)4-5-13(10)16/h3-6,9,12,18H,2,7-8H2,1H3,(H,17,19)/b6-3+. The molecule has 1 aromatic carbocycles. The second-order valence-corrected chi connectivity index (χ2v) is 5.06.